The second-order valence-electron chi connectivity index (χ2n) is 16.2. The van der Waals surface area contributed by atoms with E-state index in [0.717, 1.165) is 103 Å². The maximum absolute atomic E-state index is 13.5. The molecule has 5 aromatic rings. The summed E-state index contributed by atoms with van der Waals surface area (Å²) in [5, 5.41) is 5.53. The van der Waals surface area contributed by atoms with Gasteiger partial charge in [-0.1, -0.05) is 18.9 Å². The molecular weight excluding hydrogens is 709 g/mol. The first kappa shape index (κ1) is 34.7. The van der Waals surface area contributed by atoms with E-state index in [2.05, 4.69) is 65.6 Å². The van der Waals surface area contributed by atoms with Gasteiger partial charge in [0.1, 0.15) is 6.04 Å². The van der Waals surface area contributed by atoms with Crippen LogP contribution in [-0.2, 0) is 22.1 Å². The first-order chi connectivity index (χ1) is 27.3. The molecule has 3 amide bonds. The number of amides is 3. The van der Waals surface area contributed by atoms with Crippen LogP contribution in [0, 0.1) is 0 Å². The van der Waals surface area contributed by atoms with Crippen molar-refractivity contribution in [3.63, 3.8) is 0 Å². The van der Waals surface area contributed by atoms with E-state index in [1.54, 1.807) is 22.4 Å². The van der Waals surface area contributed by atoms with Gasteiger partial charge in [-0.05, 0) is 74.2 Å². The van der Waals surface area contributed by atoms with Crippen LogP contribution in [0.25, 0.3) is 33.8 Å². The highest BCUT2D eigenvalue weighted by molar-refractivity contribution is 6.01. The van der Waals surface area contributed by atoms with E-state index in [1.807, 2.05) is 24.3 Å². The molecule has 288 valence electrons. The number of para-hydroxylation sites is 1. The molecule has 14 nitrogen and oxygen atoms in total. The number of piperidine rings is 1. The van der Waals surface area contributed by atoms with Gasteiger partial charge in [-0.2, -0.15) is 0 Å². The number of benzene rings is 2. The lowest BCUT2D eigenvalue weighted by Gasteiger charge is -2.39. The molecule has 7 heterocycles. The van der Waals surface area contributed by atoms with Gasteiger partial charge in [-0.3, -0.25) is 33.7 Å². The summed E-state index contributed by atoms with van der Waals surface area (Å²) in [6, 6.07) is 18.0. The van der Waals surface area contributed by atoms with Gasteiger partial charge < -0.3 is 20.1 Å². The standard InChI is InChI=1S/C42H46N10O4/c1-48-36-32(5-4-6-33(36)52(41(48)56)34-11-12-35(53)47-40(34)55)51-18-14-28(24-51)50-21-19-49(20-22-50)27-9-7-26(8-10-27)38-43-17-13-30(46-38)31-23-29-37(45-31)42(15-2-3-16-42)25-44-39(29)54/h4-10,13,17,23,28,34,45H,2-3,11-12,14-16,18-22,24-25H2,1H3,(H,44,54)(H,47,53,55)/t28-,34?/m1/s1. The van der Waals surface area contributed by atoms with Gasteiger partial charge in [0.2, 0.25) is 11.8 Å². The van der Waals surface area contributed by atoms with Gasteiger partial charge >= 0.3 is 5.69 Å². The molecule has 0 bridgehead atoms. The zero-order valence-electron chi connectivity index (χ0n) is 31.6. The first-order valence-electron chi connectivity index (χ1n) is 20.0. The second kappa shape index (κ2) is 13.5. The van der Waals surface area contributed by atoms with Crippen LogP contribution in [0.15, 0.2) is 65.6 Å². The number of imidazole rings is 1. The molecule has 1 spiro atoms. The number of hydrogen-bond donors (Lipinski definition) is 3. The number of piperazine rings is 1. The Hall–Kier alpha value is -5.76. The highest BCUT2D eigenvalue weighted by Crippen LogP contribution is 2.44. The number of aryl methyl sites for hydroxylation is 1. The van der Waals surface area contributed by atoms with Crippen molar-refractivity contribution in [3.05, 3.63) is 82.5 Å². The van der Waals surface area contributed by atoms with Crippen LogP contribution in [-0.4, -0.2) is 98.6 Å². The fourth-order valence-electron chi connectivity index (χ4n) is 10.1. The normalized spacial score (nSPS) is 22.6. The van der Waals surface area contributed by atoms with E-state index >= 15 is 0 Å². The molecule has 2 aromatic carbocycles. The van der Waals surface area contributed by atoms with E-state index in [-0.39, 0.29) is 29.3 Å². The van der Waals surface area contributed by atoms with Crippen molar-refractivity contribution >= 4 is 40.1 Å². The van der Waals surface area contributed by atoms with Crippen LogP contribution < -0.4 is 26.1 Å². The summed E-state index contributed by atoms with van der Waals surface area (Å²) in [7, 11) is 1.77. The molecule has 4 aliphatic heterocycles. The molecular formula is C42H46N10O4. The number of nitrogens with one attached hydrogen (secondary N) is 3. The number of hydrogen-bond acceptors (Lipinski definition) is 9. The number of aromatic amines is 1. The molecule has 5 aliphatic rings. The Kier molecular flexibility index (Phi) is 8.35. The van der Waals surface area contributed by atoms with E-state index in [0.29, 0.717) is 24.8 Å². The van der Waals surface area contributed by atoms with E-state index in [1.165, 1.54) is 18.5 Å². The predicted octanol–water partition coefficient (Wildman–Crippen LogP) is 3.73. The molecule has 4 fully saturated rings. The number of carbonyl (C=O) groups excluding carboxylic acids is 3. The number of carbonyl (C=O) groups is 3. The van der Waals surface area contributed by atoms with E-state index in [9.17, 15) is 19.2 Å². The van der Waals surface area contributed by atoms with E-state index < -0.39 is 11.9 Å². The average Bonchev–Trinajstić information content (AvgIpc) is 4.05. The molecule has 1 unspecified atom stereocenters. The topological polar surface area (TPSA) is 153 Å². The summed E-state index contributed by atoms with van der Waals surface area (Å²) in [5.74, 6) is -0.0749. The minimum Gasteiger partial charge on any atom is -0.369 e. The monoisotopic (exact) mass is 754 g/mol. The molecule has 1 aliphatic carbocycles. The number of imide groups is 1. The Morgan fingerprint density at radius 3 is 2.46 bits per heavy atom. The van der Waals surface area contributed by atoms with Crippen molar-refractivity contribution in [2.45, 2.75) is 62.4 Å². The molecule has 2 atom stereocenters. The van der Waals surface area contributed by atoms with Crippen LogP contribution in [0.5, 0.6) is 0 Å². The molecule has 14 heteroatoms. The Morgan fingerprint density at radius 1 is 0.875 bits per heavy atom. The summed E-state index contributed by atoms with van der Waals surface area (Å²) in [5.41, 5.74) is 7.87. The smallest absolute Gasteiger partial charge is 0.329 e. The van der Waals surface area contributed by atoms with Gasteiger partial charge in [0.05, 0.1) is 33.7 Å². The summed E-state index contributed by atoms with van der Waals surface area (Å²) in [6.45, 7) is 6.21. The molecule has 10 rings (SSSR count). The SMILES string of the molecule is Cn1c(=O)n(C2CCC(=O)NC2=O)c2cccc(N3CC[C@@H](N4CCN(c5ccc(-c6nccc(-c7cc8c([nH]7)C7(CCCC7)CNC8=O)n6)cc5)CC4)C3)c21. The third kappa shape index (κ3) is 5.72. The minimum absolute atomic E-state index is 0.00360. The largest absolute Gasteiger partial charge is 0.369 e. The number of rotatable bonds is 6. The van der Waals surface area contributed by atoms with Crippen molar-refractivity contribution in [3.8, 4) is 22.8 Å². The van der Waals surface area contributed by atoms with Crippen molar-refractivity contribution in [1.29, 1.82) is 0 Å². The van der Waals surface area contributed by atoms with Gasteiger partial charge in [0, 0.05) is 93.9 Å². The third-order valence-electron chi connectivity index (χ3n) is 13.1. The summed E-state index contributed by atoms with van der Waals surface area (Å²) in [4.78, 5) is 71.4. The second-order valence-corrected chi connectivity index (χ2v) is 16.2. The maximum atomic E-state index is 13.5. The van der Waals surface area contributed by atoms with Crippen LogP contribution in [0.1, 0.15) is 67.0 Å². The number of aromatic nitrogens is 5. The van der Waals surface area contributed by atoms with Crippen molar-refractivity contribution < 1.29 is 14.4 Å². The van der Waals surface area contributed by atoms with Crippen LogP contribution >= 0.6 is 0 Å². The van der Waals surface area contributed by atoms with Crippen molar-refractivity contribution in [1.82, 2.24) is 39.6 Å². The summed E-state index contributed by atoms with van der Waals surface area (Å²) >= 11 is 0. The Bertz CT molecular complexity index is 2430. The highest BCUT2D eigenvalue weighted by Gasteiger charge is 2.43. The number of nitrogens with zero attached hydrogens (tertiary/aromatic N) is 7. The zero-order valence-corrected chi connectivity index (χ0v) is 31.6. The molecule has 1 saturated carbocycles. The first-order valence-corrected chi connectivity index (χ1v) is 20.0. The fraction of sp³-hybridized carbons (Fsp3) is 0.429. The fourth-order valence-corrected chi connectivity index (χ4v) is 10.1. The highest BCUT2D eigenvalue weighted by atomic mass is 16.2. The average molecular weight is 755 g/mol. The number of fused-ring (bicyclic) bond motifs is 3. The maximum Gasteiger partial charge on any atom is 0.329 e. The zero-order chi connectivity index (χ0) is 38.1. The lowest BCUT2D eigenvalue weighted by atomic mass is 9.78. The lowest BCUT2D eigenvalue weighted by molar-refractivity contribution is -0.135. The van der Waals surface area contributed by atoms with Gasteiger partial charge in [0.25, 0.3) is 5.91 Å². The van der Waals surface area contributed by atoms with E-state index in [4.69, 9.17) is 4.98 Å². The Balaban J connectivity index is 0.796. The number of anilines is 2. The Labute approximate surface area is 323 Å². The minimum atomic E-state index is -0.700. The summed E-state index contributed by atoms with van der Waals surface area (Å²) in [6.07, 6.45) is 7.90. The lowest BCUT2D eigenvalue weighted by Crippen LogP contribution is -2.51. The molecule has 0 radical (unpaired) electrons. The van der Waals surface area contributed by atoms with Crippen molar-refractivity contribution in [2.75, 3.05) is 55.6 Å². The molecule has 3 N–H and O–H groups in total. The molecule has 3 aromatic heterocycles. The molecule has 3 saturated heterocycles. The van der Waals surface area contributed by atoms with Crippen LogP contribution in [0.4, 0.5) is 11.4 Å². The summed E-state index contributed by atoms with van der Waals surface area (Å²) < 4.78 is 3.21. The van der Waals surface area contributed by atoms with Gasteiger partial charge in [-0.15, -0.1) is 0 Å². The van der Waals surface area contributed by atoms with Crippen LogP contribution in [0.2, 0.25) is 0 Å². The van der Waals surface area contributed by atoms with Crippen LogP contribution in [0.3, 0.4) is 0 Å². The quantitative estimate of drug-likeness (QED) is 0.220. The third-order valence-corrected chi connectivity index (χ3v) is 13.1. The van der Waals surface area contributed by atoms with Crippen molar-refractivity contribution in [2.24, 2.45) is 7.05 Å². The number of H-pyrrole nitrogens is 1. The van der Waals surface area contributed by atoms with Gasteiger partial charge in [0.15, 0.2) is 5.82 Å². The molecule has 56 heavy (non-hydrogen) atoms. The van der Waals surface area contributed by atoms with Gasteiger partial charge in [-0.25, -0.2) is 14.8 Å². The predicted molar refractivity (Wildman–Crippen MR) is 213 cm³/mol. The Morgan fingerprint density at radius 2 is 1.68 bits per heavy atom.